The van der Waals surface area contributed by atoms with E-state index in [9.17, 15) is 15.3 Å². The summed E-state index contributed by atoms with van der Waals surface area (Å²) in [5.41, 5.74) is 1.93. The lowest BCUT2D eigenvalue weighted by Gasteiger charge is -2.20. The molecule has 1 aliphatic heterocycles. The first-order valence-corrected chi connectivity index (χ1v) is 13.2. The number of aromatic nitrogens is 6. The minimum absolute atomic E-state index is 0.0748. The summed E-state index contributed by atoms with van der Waals surface area (Å²) in [6.45, 7) is 5.70. The summed E-state index contributed by atoms with van der Waals surface area (Å²) in [6.07, 6.45) is -0.852. The van der Waals surface area contributed by atoms with E-state index in [1.807, 2.05) is 30.3 Å². The fourth-order valence-electron chi connectivity index (χ4n) is 4.72. The molecule has 0 amide bonds. The second-order valence-corrected chi connectivity index (χ2v) is 9.70. The first kappa shape index (κ1) is 26.9. The number of ether oxygens (including phenoxy) is 1. The lowest BCUT2D eigenvalue weighted by Crippen LogP contribution is -2.29. The molecule has 0 bridgehead atoms. The summed E-state index contributed by atoms with van der Waals surface area (Å²) in [4.78, 5) is 18.1. The number of aryl methyl sites for hydroxylation is 1. The SMILES string of the molecule is CCC(CC)Nc1nc(NC(CO)Cc2ccccc2)nc2c1ncn2[C@@H]1O[C@H](c2nc(C)no2)[C@@H](O)[C@H]1O. The molecule has 1 aliphatic rings. The van der Waals surface area contributed by atoms with Gasteiger partial charge < -0.3 is 35.2 Å². The molecule has 0 saturated carbocycles. The van der Waals surface area contributed by atoms with Gasteiger partial charge in [0, 0.05) is 6.04 Å². The van der Waals surface area contributed by atoms with Crippen LogP contribution in [0.1, 0.15) is 56.3 Å². The van der Waals surface area contributed by atoms with E-state index in [1.165, 1.54) is 6.33 Å². The van der Waals surface area contributed by atoms with Gasteiger partial charge in [-0.05, 0) is 31.7 Å². The van der Waals surface area contributed by atoms with Crippen molar-refractivity contribution in [2.45, 2.75) is 76.7 Å². The van der Waals surface area contributed by atoms with Crippen LogP contribution in [0, 0.1) is 6.92 Å². The summed E-state index contributed by atoms with van der Waals surface area (Å²) in [6, 6.07) is 9.64. The number of nitrogens with zero attached hydrogens (tertiary/aromatic N) is 6. The van der Waals surface area contributed by atoms with Gasteiger partial charge in [0.05, 0.1) is 19.0 Å². The van der Waals surface area contributed by atoms with Gasteiger partial charge in [0.15, 0.2) is 35.1 Å². The highest BCUT2D eigenvalue weighted by Crippen LogP contribution is 2.39. The van der Waals surface area contributed by atoms with E-state index < -0.39 is 24.5 Å². The number of hydrogen-bond acceptors (Lipinski definition) is 12. The number of imidazole rings is 1. The molecule has 13 nitrogen and oxygen atoms in total. The molecule has 1 fully saturated rings. The number of anilines is 2. The molecule has 5 atom stereocenters. The highest BCUT2D eigenvalue weighted by Gasteiger charge is 2.47. The first-order valence-electron chi connectivity index (χ1n) is 13.2. The fourth-order valence-corrected chi connectivity index (χ4v) is 4.72. The zero-order valence-corrected chi connectivity index (χ0v) is 22.1. The van der Waals surface area contributed by atoms with Crippen molar-refractivity contribution in [1.82, 2.24) is 29.7 Å². The van der Waals surface area contributed by atoms with Gasteiger partial charge in [-0.25, -0.2) is 4.98 Å². The predicted molar refractivity (Wildman–Crippen MR) is 142 cm³/mol. The number of nitrogens with one attached hydrogen (secondary N) is 2. The van der Waals surface area contributed by atoms with Crippen LogP contribution < -0.4 is 10.6 Å². The van der Waals surface area contributed by atoms with Crippen molar-refractivity contribution < 1.29 is 24.6 Å². The Morgan fingerprint density at radius 1 is 1.00 bits per heavy atom. The number of aliphatic hydroxyl groups is 3. The van der Waals surface area contributed by atoms with Gasteiger partial charge in [0.1, 0.15) is 12.2 Å². The van der Waals surface area contributed by atoms with Crippen molar-refractivity contribution >= 4 is 22.9 Å². The van der Waals surface area contributed by atoms with Gasteiger partial charge in [-0.1, -0.05) is 49.3 Å². The highest BCUT2D eigenvalue weighted by molar-refractivity contribution is 5.84. The molecule has 1 unspecified atom stereocenters. The Morgan fingerprint density at radius 3 is 2.44 bits per heavy atom. The van der Waals surface area contributed by atoms with Crippen LogP contribution in [-0.2, 0) is 11.2 Å². The molecule has 0 radical (unpaired) electrons. The van der Waals surface area contributed by atoms with E-state index in [2.05, 4.69) is 39.6 Å². The largest absolute Gasteiger partial charge is 0.394 e. The van der Waals surface area contributed by atoms with E-state index in [4.69, 9.17) is 19.2 Å². The minimum Gasteiger partial charge on any atom is -0.394 e. The van der Waals surface area contributed by atoms with Crippen molar-refractivity contribution in [3.8, 4) is 0 Å². The molecule has 4 aromatic rings. The quantitative estimate of drug-likeness (QED) is 0.188. The van der Waals surface area contributed by atoms with E-state index >= 15 is 0 Å². The van der Waals surface area contributed by atoms with Crippen LogP contribution in [0.15, 0.2) is 41.2 Å². The maximum Gasteiger partial charge on any atom is 0.258 e. The Labute approximate surface area is 225 Å². The third-order valence-corrected chi connectivity index (χ3v) is 6.93. The van der Waals surface area contributed by atoms with E-state index in [1.54, 1.807) is 11.5 Å². The van der Waals surface area contributed by atoms with Crippen LogP contribution in [0.25, 0.3) is 11.2 Å². The molecule has 4 heterocycles. The van der Waals surface area contributed by atoms with Gasteiger partial charge in [-0.2, -0.15) is 15.0 Å². The third-order valence-electron chi connectivity index (χ3n) is 6.93. The Bertz CT molecular complexity index is 1380. The molecule has 0 spiro atoms. The number of benzene rings is 1. The smallest absolute Gasteiger partial charge is 0.258 e. The molecule has 5 rings (SSSR count). The Hall–Kier alpha value is -3.65. The maximum atomic E-state index is 10.9. The van der Waals surface area contributed by atoms with Crippen LogP contribution in [0.2, 0.25) is 0 Å². The zero-order chi connectivity index (χ0) is 27.5. The molecule has 5 N–H and O–H groups in total. The molecule has 0 aliphatic carbocycles. The standard InChI is InChI=1S/C26H34N8O5/c1-4-16(5-2)29-22-18-23(32-26(31-22)30-17(12-35)11-15-9-7-6-8-10-15)34(13-27-18)25-20(37)19(36)21(38-25)24-28-14(3)33-39-24/h6-10,13,16-17,19-21,25,35-37H,4-5,11-12H2,1-3H3,(H2,29,30,31,32)/t17?,19-,20+,21-,25+/m0/s1. The van der Waals surface area contributed by atoms with E-state index in [0.717, 1.165) is 18.4 Å². The number of hydrogen-bond donors (Lipinski definition) is 5. The topological polar surface area (TPSA) is 176 Å². The monoisotopic (exact) mass is 538 g/mol. The van der Waals surface area contributed by atoms with Gasteiger partial charge in [-0.3, -0.25) is 4.57 Å². The molecule has 13 heteroatoms. The fraction of sp³-hybridized carbons (Fsp3) is 0.500. The van der Waals surface area contributed by atoms with E-state index in [0.29, 0.717) is 29.2 Å². The molecule has 1 saturated heterocycles. The first-order chi connectivity index (χ1) is 18.9. The summed E-state index contributed by atoms with van der Waals surface area (Å²) < 4.78 is 12.7. The lowest BCUT2D eigenvalue weighted by atomic mass is 10.1. The number of fused-ring (bicyclic) bond motifs is 1. The van der Waals surface area contributed by atoms with Crippen molar-refractivity contribution in [1.29, 1.82) is 0 Å². The second kappa shape index (κ2) is 11.6. The van der Waals surface area contributed by atoms with Crippen molar-refractivity contribution in [2.75, 3.05) is 17.2 Å². The predicted octanol–water partition coefficient (Wildman–Crippen LogP) is 2.13. The molecular weight excluding hydrogens is 504 g/mol. The van der Waals surface area contributed by atoms with Crippen LogP contribution in [0.4, 0.5) is 11.8 Å². The molecule has 3 aromatic heterocycles. The molecule has 208 valence electrons. The van der Waals surface area contributed by atoms with Crippen LogP contribution in [-0.4, -0.2) is 75.9 Å². The summed E-state index contributed by atoms with van der Waals surface area (Å²) in [5, 5.41) is 42.2. The molecular formula is C26H34N8O5. The van der Waals surface area contributed by atoms with Gasteiger partial charge in [-0.15, -0.1) is 0 Å². The molecule has 1 aromatic carbocycles. The van der Waals surface area contributed by atoms with Crippen molar-refractivity contribution in [3.05, 3.63) is 53.9 Å². The Morgan fingerprint density at radius 2 is 1.77 bits per heavy atom. The molecule has 39 heavy (non-hydrogen) atoms. The number of aliphatic hydroxyl groups excluding tert-OH is 3. The van der Waals surface area contributed by atoms with Crippen LogP contribution >= 0.6 is 0 Å². The van der Waals surface area contributed by atoms with Gasteiger partial charge in [0.25, 0.3) is 5.89 Å². The number of rotatable bonds is 11. The Balaban J connectivity index is 1.50. The van der Waals surface area contributed by atoms with Crippen LogP contribution in [0.3, 0.4) is 0 Å². The lowest BCUT2D eigenvalue weighted by molar-refractivity contribution is -0.0451. The van der Waals surface area contributed by atoms with E-state index in [-0.39, 0.29) is 30.5 Å². The summed E-state index contributed by atoms with van der Waals surface area (Å²) >= 11 is 0. The maximum absolute atomic E-state index is 10.9. The van der Waals surface area contributed by atoms with Gasteiger partial charge in [0.2, 0.25) is 5.95 Å². The summed E-state index contributed by atoms with van der Waals surface area (Å²) in [7, 11) is 0. The third kappa shape index (κ3) is 5.57. The normalized spacial score (nSPS) is 22.0. The van der Waals surface area contributed by atoms with Crippen molar-refractivity contribution in [3.63, 3.8) is 0 Å². The summed E-state index contributed by atoms with van der Waals surface area (Å²) in [5.74, 6) is 1.26. The minimum atomic E-state index is -1.32. The second-order valence-electron chi connectivity index (χ2n) is 9.70. The average molecular weight is 539 g/mol. The average Bonchev–Trinajstić information content (AvgIpc) is 3.65. The Kier molecular flexibility index (Phi) is 8.02. The van der Waals surface area contributed by atoms with Gasteiger partial charge >= 0.3 is 0 Å². The zero-order valence-electron chi connectivity index (χ0n) is 22.1. The highest BCUT2D eigenvalue weighted by atomic mass is 16.6. The van der Waals surface area contributed by atoms with Crippen molar-refractivity contribution in [2.24, 2.45) is 0 Å². The van der Waals surface area contributed by atoms with Crippen LogP contribution in [0.5, 0.6) is 0 Å².